The third kappa shape index (κ3) is 2.18. The normalized spacial score (nSPS) is 21.3. The summed E-state index contributed by atoms with van der Waals surface area (Å²) in [5, 5.41) is 8.17. The van der Waals surface area contributed by atoms with E-state index in [0.717, 1.165) is 39.9 Å². The number of nitrogens with zero attached hydrogens (tertiary/aromatic N) is 1. The Labute approximate surface area is 113 Å². The van der Waals surface area contributed by atoms with Crippen LogP contribution in [0.15, 0.2) is 27.1 Å². The van der Waals surface area contributed by atoms with Gasteiger partial charge >= 0.3 is 0 Å². The van der Waals surface area contributed by atoms with Crippen LogP contribution in [0, 0.1) is 11.3 Å². The summed E-state index contributed by atoms with van der Waals surface area (Å²) in [6.07, 6.45) is 2.27. The summed E-state index contributed by atoms with van der Waals surface area (Å²) in [7, 11) is 0. The molecule has 1 aliphatic heterocycles. The second-order valence-corrected chi connectivity index (χ2v) is 5.86. The molecule has 1 heterocycles. The number of piperidine rings is 1. The average Bonchev–Trinajstić information content (AvgIpc) is 2.24. The van der Waals surface area contributed by atoms with Crippen LogP contribution < -0.4 is 4.90 Å². The Hall–Kier alpha value is -0.350. The lowest BCUT2D eigenvalue weighted by molar-refractivity contribution is 0.584. The molecule has 0 amide bonds. The lowest BCUT2D eigenvalue weighted by Gasteiger charge is -2.34. The molecule has 1 aliphatic rings. The van der Waals surface area contributed by atoms with Crippen LogP contribution in [0.1, 0.15) is 19.8 Å². The van der Waals surface area contributed by atoms with Gasteiger partial charge in [-0.1, -0.05) is 13.0 Å². The minimum atomic E-state index is 0.354. The summed E-state index contributed by atoms with van der Waals surface area (Å²) in [5.41, 5.74) is 1.08. The predicted molar refractivity (Wildman–Crippen MR) is 75.3 cm³/mol. The van der Waals surface area contributed by atoms with Gasteiger partial charge in [0.2, 0.25) is 0 Å². The number of hydrogen-bond donors (Lipinski definition) is 1. The largest absolute Gasteiger partial charge is 0.328 e. The molecule has 0 bridgehead atoms. The van der Waals surface area contributed by atoms with Crippen molar-refractivity contribution in [3.63, 3.8) is 0 Å². The molecular weight excluding hydrogens is 332 g/mol. The van der Waals surface area contributed by atoms with Crippen molar-refractivity contribution in [1.82, 2.24) is 0 Å². The summed E-state index contributed by atoms with van der Waals surface area (Å²) >= 11 is 7.12. The van der Waals surface area contributed by atoms with Gasteiger partial charge in [-0.05, 0) is 56.8 Å². The monoisotopic (exact) mass is 344 g/mol. The number of rotatable bonds is 1. The minimum absolute atomic E-state index is 0.354. The van der Waals surface area contributed by atoms with E-state index in [2.05, 4.69) is 43.7 Å². The minimum Gasteiger partial charge on any atom is -0.328 e. The van der Waals surface area contributed by atoms with Gasteiger partial charge in [0.05, 0.1) is 5.69 Å². The second-order valence-electron chi connectivity index (χ2n) is 4.15. The van der Waals surface area contributed by atoms with Crippen molar-refractivity contribution in [3.8, 4) is 0 Å². The van der Waals surface area contributed by atoms with Crippen molar-refractivity contribution in [1.29, 1.82) is 5.41 Å². The maximum atomic E-state index is 8.17. The standard InChI is InChI=1S/C12H14Br2N2/c1-8-4-3-7-16(12(8)15)11-9(13)5-2-6-10(11)14/h2,5-6,8,15H,3-4,7H2,1H3. The van der Waals surface area contributed by atoms with Crippen LogP contribution >= 0.6 is 31.9 Å². The number of anilines is 1. The molecule has 86 valence electrons. The Morgan fingerprint density at radius 3 is 2.56 bits per heavy atom. The zero-order valence-electron chi connectivity index (χ0n) is 9.13. The van der Waals surface area contributed by atoms with Gasteiger partial charge in [-0.3, -0.25) is 5.41 Å². The van der Waals surface area contributed by atoms with Crippen molar-refractivity contribution < 1.29 is 0 Å². The second kappa shape index (κ2) is 4.88. The van der Waals surface area contributed by atoms with Crippen molar-refractivity contribution in [2.45, 2.75) is 19.8 Å². The van der Waals surface area contributed by atoms with Crippen molar-refractivity contribution >= 4 is 43.4 Å². The number of nitrogens with one attached hydrogen (secondary N) is 1. The molecule has 1 aromatic rings. The fourth-order valence-electron chi connectivity index (χ4n) is 2.06. The number of halogens is 2. The first-order valence-corrected chi connectivity index (χ1v) is 7.00. The van der Waals surface area contributed by atoms with Gasteiger partial charge in [0.25, 0.3) is 0 Å². The summed E-state index contributed by atoms with van der Waals surface area (Å²) in [6.45, 7) is 3.06. The molecule has 1 saturated heterocycles. The maximum absolute atomic E-state index is 8.17. The molecule has 1 unspecified atom stereocenters. The first-order chi connectivity index (χ1) is 7.61. The molecule has 0 spiro atoms. The summed E-state index contributed by atoms with van der Waals surface area (Å²) in [6, 6.07) is 6.04. The fourth-order valence-corrected chi connectivity index (χ4v) is 3.48. The Kier molecular flexibility index (Phi) is 3.70. The van der Waals surface area contributed by atoms with Gasteiger partial charge in [0.1, 0.15) is 5.84 Å². The van der Waals surface area contributed by atoms with E-state index in [4.69, 9.17) is 5.41 Å². The summed E-state index contributed by atoms with van der Waals surface area (Å²) < 4.78 is 2.08. The van der Waals surface area contributed by atoms with E-state index < -0.39 is 0 Å². The van der Waals surface area contributed by atoms with Crippen molar-refractivity contribution in [2.75, 3.05) is 11.4 Å². The number of amidine groups is 1. The van der Waals surface area contributed by atoms with Crippen LogP contribution in [0.25, 0.3) is 0 Å². The van der Waals surface area contributed by atoms with E-state index >= 15 is 0 Å². The number of hydrogen-bond acceptors (Lipinski definition) is 1. The molecule has 2 nitrogen and oxygen atoms in total. The highest BCUT2D eigenvalue weighted by Crippen LogP contribution is 2.36. The van der Waals surface area contributed by atoms with Gasteiger partial charge < -0.3 is 4.90 Å². The molecule has 0 saturated carbocycles. The van der Waals surface area contributed by atoms with Crippen LogP contribution in [0.4, 0.5) is 5.69 Å². The van der Waals surface area contributed by atoms with Gasteiger partial charge in [0, 0.05) is 21.4 Å². The van der Waals surface area contributed by atoms with Crippen molar-refractivity contribution in [2.24, 2.45) is 5.92 Å². The van der Waals surface area contributed by atoms with E-state index in [0.29, 0.717) is 5.92 Å². The smallest absolute Gasteiger partial charge is 0.103 e. The molecule has 4 heteroatoms. The highest BCUT2D eigenvalue weighted by atomic mass is 79.9. The van der Waals surface area contributed by atoms with Gasteiger partial charge in [-0.2, -0.15) is 0 Å². The molecule has 0 radical (unpaired) electrons. The molecule has 1 aromatic carbocycles. The third-order valence-electron chi connectivity index (χ3n) is 2.98. The lowest BCUT2D eigenvalue weighted by Crippen LogP contribution is -2.40. The van der Waals surface area contributed by atoms with Gasteiger partial charge in [0.15, 0.2) is 0 Å². The highest BCUT2D eigenvalue weighted by Gasteiger charge is 2.25. The van der Waals surface area contributed by atoms with Crippen LogP contribution in [0.3, 0.4) is 0 Å². The molecule has 2 rings (SSSR count). The van der Waals surface area contributed by atoms with Gasteiger partial charge in [-0.25, -0.2) is 0 Å². The zero-order chi connectivity index (χ0) is 11.7. The van der Waals surface area contributed by atoms with Crippen LogP contribution in [0.5, 0.6) is 0 Å². The van der Waals surface area contributed by atoms with E-state index in [1.807, 2.05) is 18.2 Å². The summed E-state index contributed by atoms with van der Waals surface area (Å²) in [5.74, 6) is 1.08. The van der Waals surface area contributed by atoms with E-state index in [9.17, 15) is 0 Å². The van der Waals surface area contributed by atoms with E-state index in [1.165, 1.54) is 0 Å². The Balaban J connectivity index is 2.40. The molecule has 1 fully saturated rings. The molecule has 1 atom stereocenters. The molecule has 16 heavy (non-hydrogen) atoms. The maximum Gasteiger partial charge on any atom is 0.103 e. The fraction of sp³-hybridized carbons (Fsp3) is 0.417. The van der Waals surface area contributed by atoms with E-state index in [1.54, 1.807) is 0 Å². The first-order valence-electron chi connectivity index (χ1n) is 5.41. The SMILES string of the molecule is CC1CCCN(c2c(Br)cccc2Br)C1=N. The van der Waals surface area contributed by atoms with Crippen molar-refractivity contribution in [3.05, 3.63) is 27.1 Å². The topological polar surface area (TPSA) is 27.1 Å². The highest BCUT2D eigenvalue weighted by molar-refractivity contribution is 9.11. The predicted octanol–water partition coefficient (Wildman–Crippen LogP) is 4.43. The van der Waals surface area contributed by atoms with Crippen LogP contribution in [0.2, 0.25) is 0 Å². The molecular formula is C12H14Br2N2. The third-order valence-corrected chi connectivity index (χ3v) is 4.26. The molecule has 0 aromatic heterocycles. The quantitative estimate of drug-likeness (QED) is 0.801. The van der Waals surface area contributed by atoms with Crippen LogP contribution in [-0.4, -0.2) is 12.4 Å². The average molecular weight is 346 g/mol. The summed E-state index contributed by atoms with van der Waals surface area (Å²) in [4.78, 5) is 2.10. The molecule has 1 N–H and O–H groups in total. The zero-order valence-corrected chi connectivity index (χ0v) is 12.3. The molecule has 0 aliphatic carbocycles. The Bertz CT molecular complexity index is 397. The Morgan fingerprint density at radius 2 is 1.94 bits per heavy atom. The van der Waals surface area contributed by atoms with E-state index in [-0.39, 0.29) is 0 Å². The Morgan fingerprint density at radius 1 is 1.31 bits per heavy atom. The van der Waals surface area contributed by atoms with Gasteiger partial charge in [-0.15, -0.1) is 0 Å². The number of benzene rings is 1. The number of para-hydroxylation sites is 1. The van der Waals surface area contributed by atoms with Crippen LogP contribution in [-0.2, 0) is 0 Å². The first kappa shape index (κ1) is 12.1. The lowest BCUT2D eigenvalue weighted by atomic mass is 9.98.